The molecule has 3 nitrogen and oxygen atoms in total. The molecule has 1 N–H and O–H groups in total. The number of hydrogen-bond acceptors (Lipinski definition) is 2. The van der Waals surface area contributed by atoms with Gasteiger partial charge in [-0.3, -0.25) is 0 Å². The Kier molecular flexibility index (Phi) is 3.77. The molecule has 1 aromatic carbocycles. The third-order valence-electron chi connectivity index (χ3n) is 4.03. The molecule has 0 radical (unpaired) electrons. The Bertz CT molecular complexity index is 484. The summed E-state index contributed by atoms with van der Waals surface area (Å²) in [5.41, 5.74) is 2.21. The fourth-order valence-electron chi connectivity index (χ4n) is 2.47. The fraction of sp³-hybridized carbons (Fsp3) is 0.471. The molecular formula is C17H21NO2. The molecule has 0 atom stereocenters. The van der Waals surface area contributed by atoms with Crippen LogP contribution in [0.1, 0.15) is 31.2 Å². The predicted molar refractivity (Wildman–Crippen MR) is 80.8 cm³/mol. The first-order valence-electron chi connectivity index (χ1n) is 7.47. The van der Waals surface area contributed by atoms with Crippen LogP contribution in [0.4, 0.5) is 5.69 Å². The maximum Gasteiger partial charge on any atom is 0.328 e. The van der Waals surface area contributed by atoms with Crippen LogP contribution in [0.3, 0.4) is 0 Å². The first kappa shape index (κ1) is 13.2. The lowest BCUT2D eigenvalue weighted by atomic mass is 10.1. The van der Waals surface area contributed by atoms with Crippen LogP contribution in [0.5, 0.6) is 0 Å². The molecule has 0 unspecified atom stereocenters. The minimum absolute atomic E-state index is 0.889. The lowest BCUT2D eigenvalue weighted by molar-refractivity contribution is -0.131. The second-order valence-electron chi connectivity index (χ2n) is 6.05. The van der Waals surface area contributed by atoms with Crippen LogP contribution in [0.2, 0.25) is 0 Å². The van der Waals surface area contributed by atoms with Gasteiger partial charge in [-0.1, -0.05) is 12.1 Å². The van der Waals surface area contributed by atoms with Crippen molar-refractivity contribution in [3.8, 4) is 0 Å². The van der Waals surface area contributed by atoms with Crippen molar-refractivity contribution >= 4 is 17.7 Å². The molecule has 1 aromatic rings. The number of carboxylic acids is 1. The quantitative estimate of drug-likeness (QED) is 0.773. The molecule has 2 aliphatic rings. The van der Waals surface area contributed by atoms with Gasteiger partial charge in [-0.2, -0.15) is 0 Å². The molecule has 2 aliphatic carbocycles. The van der Waals surface area contributed by atoms with Gasteiger partial charge < -0.3 is 10.0 Å². The van der Waals surface area contributed by atoms with Crippen LogP contribution < -0.4 is 4.90 Å². The van der Waals surface area contributed by atoms with Gasteiger partial charge in [-0.15, -0.1) is 0 Å². The summed E-state index contributed by atoms with van der Waals surface area (Å²) < 4.78 is 0. The van der Waals surface area contributed by atoms with Crippen molar-refractivity contribution in [2.45, 2.75) is 25.7 Å². The number of carboxylic acid groups (broad SMARTS) is 1. The van der Waals surface area contributed by atoms with E-state index >= 15 is 0 Å². The maximum atomic E-state index is 10.5. The fourth-order valence-corrected chi connectivity index (χ4v) is 2.47. The number of rotatable bonds is 7. The van der Waals surface area contributed by atoms with E-state index in [0.29, 0.717) is 0 Å². The number of anilines is 1. The molecule has 2 saturated carbocycles. The van der Waals surface area contributed by atoms with Gasteiger partial charge in [0.15, 0.2) is 0 Å². The highest BCUT2D eigenvalue weighted by Gasteiger charge is 2.29. The summed E-state index contributed by atoms with van der Waals surface area (Å²) in [4.78, 5) is 13.0. The summed E-state index contributed by atoms with van der Waals surface area (Å²) in [5, 5.41) is 8.63. The first-order chi connectivity index (χ1) is 9.70. The second kappa shape index (κ2) is 5.70. The largest absolute Gasteiger partial charge is 0.478 e. The van der Waals surface area contributed by atoms with Crippen molar-refractivity contribution in [1.82, 2.24) is 0 Å². The Morgan fingerprint density at radius 1 is 1.10 bits per heavy atom. The SMILES string of the molecule is O=C(O)C=Cc1ccc(N(CC2CC2)CC2CC2)cc1. The molecule has 3 heteroatoms. The van der Waals surface area contributed by atoms with E-state index in [4.69, 9.17) is 5.11 Å². The molecule has 3 rings (SSSR count). The zero-order valence-corrected chi connectivity index (χ0v) is 11.7. The average molecular weight is 271 g/mol. The molecule has 0 aromatic heterocycles. The van der Waals surface area contributed by atoms with E-state index in [0.717, 1.165) is 17.4 Å². The summed E-state index contributed by atoms with van der Waals surface area (Å²) in [6.45, 7) is 2.36. The molecular weight excluding hydrogens is 250 g/mol. The van der Waals surface area contributed by atoms with Gasteiger partial charge >= 0.3 is 5.97 Å². The molecule has 0 spiro atoms. The van der Waals surface area contributed by atoms with E-state index in [-0.39, 0.29) is 0 Å². The summed E-state index contributed by atoms with van der Waals surface area (Å²) in [6, 6.07) is 8.24. The second-order valence-corrected chi connectivity index (χ2v) is 6.05. The Morgan fingerprint density at radius 3 is 2.10 bits per heavy atom. The zero-order chi connectivity index (χ0) is 13.9. The van der Waals surface area contributed by atoms with Crippen molar-refractivity contribution in [2.24, 2.45) is 11.8 Å². The highest BCUT2D eigenvalue weighted by atomic mass is 16.4. The minimum atomic E-state index is -0.904. The van der Waals surface area contributed by atoms with E-state index in [1.54, 1.807) is 6.08 Å². The highest BCUT2D eigenvalue weighted by molar-refractivity contribution is 5.85. The third-order valence-corrected chi connectivity index (χ3v) is 4.03. The number of benzene rings is 1. The summed E-state index contributed by atoms with van der Waals surface area (Å²) in [7, 11) is 0. The van der Waals surface area contributed by atoms with Crippen LogP contribution in [-0.4, -0.2) is 24.2 Å². The van der Waals surface area contributed by atoms with Crippen LogP contribution >= 0.6 is 0 Å². The Morgan fingerprint density at radius 2 is 1.65 bits per heavy atom. The predicted octanol–water partition coefficient (Wildman–Crippen LogP) is 3.41. The lowest BCUT2D eigenvalue weighted by Gasteiger charge is -2.25. The Labute approximate surface area is 119 Å². The molecule has 20 heavy (non-hydrogen) atoms. The number of carbonyl (C=O) groups is 1. The smallest absolute Gasteiger partial charge is 0.328 e. The van der Waals surface area contributed by atoms with Gasteiger partial charge in [0.25, 0.3) is 0 Å². The van der Waals surface area contributed by atoms with Gasteiger partial charge in [0, 0.05) is 24.9 Å². The number of aliphatic carboxylic acids is 1. The van der Waals surface area contributed by atoms with Gasteiger partial charge in [0.1, 0.15) is 0 Å². The molecule has 0 amide bonds. The van der Waals surface area contributed by atoms with Crippen molar-refractivity contribution in [2.75, 3.05) is 18.0 Å². The molecule has 106 valence electrons. The summed E-state index contributed by atoms with van der Waals surface area (Å²) in [6.07, 6.45) is 8.32. The average Bonchev–Trinajstić information content (AvgIpc) is 3.31. The number of hydrogen-bond donors (Lipinski definition) is 1. The monoisotopic (exact) mass is 271 g/mol. The summed E-state index contributed by atoms with van der Waals surface area (Å²) >= 11 is 0. The standard InChI is InChI=1S/C17H21NO2/c19-17(20)10-7-13-5-8-16(9-6-13)18(11-14-1-2-14)12-15-3-4-15/h5-10,14-15H,1-4,11-12H2,(H,19,20). The normalized spacial score (nSPS) is 18.4. The maximum absolute atomic E-state index is 10.5. The van der Waals surface area contributed by atoms with Gasteiger partial charge in [0.2, 0.25) is 0 Å². The molecule has 0 heterocycles. The van der Waals surface area contributed by atoms with Crippen LogP contribution in [0.15, 0.2) is 30.3 Å². The molecule has 0 aliphatic heterocycles. The molecule has 0 saturated heterocycles. The van der Waals surface area contributed by atoms with Gasteiger partial charge in [-0.25, -0.2) is 4.79 Å². The van der Waals surface area contributed by atoms with Gasteiger partial charge in [0.05, 0.1) is 0 Å². The van der Waals surface area contributed by atoms with E-state index in [9.17, 15) is 4.79 Å². The van der Waals surface area contributed by atoms with E-state index in [2.05, 4.69) is 17.0 Å². The zero-order valence-electron chi connectivity index (χ0n) is 11.7. The van der Waals surface area contributed by atoms with Gasteiger partial charge in [-0.05, 0) is 61.3 Å². The Balaban J connectivity index is 1.67. The Hall–Kier alpha value is -1.77. The molecule has 2 fully saturated rings. The third kappa shape index (κ3) is 3.86. The van der Waals surface area contributed by atoms with Crippen molar-refractivity contribution in [3.05, 3.63) is 35.9 Å². The van der Waals surface area contributed by atoms with Crippen LogP contribution in [0, 0.1) is 11.8 Å². The van der Waals surface area contributed by atoms with E-state index in [1.165, 1.54) is 50.5 Å². The minimum Gasteiger partial charge on any atom is -0.478 e. The van der Waals surface area contributed by atoms with E-state index in [1.807, 2.05) is 12.1 Å². The first-order valence-corrected chi connectivity index (χ1v) is 7.47. The van der Waals surface area contributed by atoms with Crippen molar-refractivity contribution in [3.63, 3.8) is 0 Å². The highest BCUT2D eigenvalue weighted by Crippen LogP contribution is 2.35. The van der Waals surface area contributed by atoms with Crippen LogP contribution in [-0.2, 0) is 4.79 Å². The topological polar surface area (TPSA) is 40.5 Å². The number of nitrogens with zero attached hydrogens (tertiary/aromatic N) is 1. The van der Waals surface area contributed by atoms with E-state index < -0.39 is 5.97 Å². The van der Waals surface area contributed by atoms with Crippen LogP contribution in [0.25, 0.3) is 6.08 Å². The summed E-state index contributed by atoms with van der Waals surface area (Å²) in [5.74, 6) is 0.874. The molecule has 0 bridgehead atoms. The van der Waals surface area contributed by atoms with Crippen molar-refractivity contribution < 1.29 is 9.90 Å². The lowest BCUT2D eigenvalue weighted by Crippen LogP contribution is -2.27. The van der Waals surface area contributed by atoms with Crippen molar-refractivity contribution in [1.29, 1.82) is 0 Å².